The largest absolute Gasteiger partial charge is 0.497 e. The Balaban J connectivity index is 1.75. The molecular formula is C30H28N2O2. The molecule has 2 heterocycles. The highest BCUT2D eigenvalue weighted by Crippen LogP contribution is 2.44. The number of ether oxygens (including phenoxy) is 1. The summed E-state index contributed by atoms with van der Waals surface area (Å²) < 4.78 is 5.39. The van der Waals surface area contributed by atoms with Gasteiger partial charge >= 0.3 is 0 Å². The minimum atomic E-state index is -0.163. The molecule has 0 N–H and O–H groups in total. The van der Waals surface area contributed by atoms with E-state index in [1.807, 2.05) is 30.3 Å². The summed E-state index contributed by atoms with van der Waals surface area (Å²) in [6.45, 7) is 3.82. The number of benzene rings is 3. The van der Waals surface area contributed by atoms with Crippen LogP contribution in [0.1, 0.15) is 48.7 Å². The highest BCUT2D eigenvalue weighted by atomic mass is 16.5. The number of hydrogen-bond donors (Lipinski definition) is 0. The molecule has 1 aliphatic heterocycles. The van der Waals surface area contributed by atoms with E-state index in [1.165, 1.54) is 5.56 Å². The molecule has 0 aliphatic carbocycles. The third-order valence-electron chi connectivity index (χ3n) is 6.48. The van der Waals surface area contributed by atoms with Crippen molar-refractivity contribution in [2.45, 2.75) is 32.7 Å². The van der Waals surface area contributed by atoms with Crippen LogP contribution >= 0.6 is 0 Å². The number of carbonyl (C=O) groups excluding carboxylic acids is 1. The van der Waals surface area contributed by atoms with Crippen LogP contribution in [0.5, 0.6) is 5.75 Å². The molecule has 0 saturated carbocycles. The fourth-order valence-corrected chi connectivity index (χ4v) is 4.70. The molecule has 0 saturated heterocycles. The van der Waals surface area contributed by atoms with Gasteiger partial charge in [-0.1, -0.05) is 49.4 Å². The molecule has 34 heavy (non-hydrogen) atoms. The van der Waals surface area contributed by atoms with Crippen molar-refractivity contribution in [3.8, 4) is 5.75 Å². The van der Waals surface area contributed by atoms with Gasteiger partial charge in [0.2, 0.25) is 0 Å². The van der Waals surface area contributed by atoms with Gasteiger partial charge in [-0.05, 0) is 66.9 Å². The minimum absolute atomic E-state index is 0.144. The Hall–Kier alpha value is -3.92. The van der Waals surface area contributed by atoms with E-state index < -0.39 is 0 Å². The number of fused-ring (bicyclic) bond motifs is 2. The van der Waals surface area contributed by atoms with Crippen molar-refractivity contribution in [2.24, 2.45) is 0 Å². The predicted molar refractivity (Wildman–Crippen MR) is 139 cm³/mol. The van der Waals surface area contributed by atoms with E-state index in [9.17, 15) is 4.79 Å². The number of methoxy groups -OCH3 is 1. The van der Waals surface area contributed by atoms with Gasteiger partial charge in [0.25, 0.3) is 0 Å². The Morgan fingerprint density at radius 2 is 1.74 bits per heavy atom. The lowest BCUT2D eigenvalue weighted by Gasteiger charge is -2.39. The lowest BCUT2D eigenvalue weighted by atomic mass is 9.90. The Morgan fingerprint density at radius 3 is 2.41 bits per heavy atom. The topological polar surface area (TPSA) is 42.4 Å². The van der Waals surface area contributed by atoms with Gasteiger partial charge in [-0.3, -0.25) is 4.79 Å². The SMILES string of the molecule is CCc1ccc(C2=Cc3nc4ccccc4cc3C(CC(C)=O)N2c2ccc(OC)cc2)cc1. The van der Waals surface area contributed by atoms with E-state index in [2.05, 4.69) is 66.4 Å². The second-order valence-electron chi connectivity index (χ2n) is 8.73. The average Bonchev–Trinajstić information content (AvgIpc) is 2.87. The molecule has 1 atom stereocenters. The molecule has 0 spiro atoms. The van der Waals surface area contributed by atoms with Crippen LogP contribution in [-0.4, -0.2) is 17.9 Å². The van der Waals surface area contributed by atoms with Gasteiger partial charge in [0.1, 0.15) is 11.5 Å². The first kappa shape index (κ1) is 21.9. The molecule has 0 bridgehead atoms. The highest BCUT2D eigenvalue weighted by molar-refractivity contribution is 5.96. The molecule has 5 rings (SSSR count). The number of Topliss-reactive ketones (excluding diaryl/α,β-unsaturated/α-hetero) is 1. The van der Waals surface area contributed by atoms with E-state index in [0.29, 0.717) is 6.42 Å². The van der Waals surface area contributed by atoms with Gasteiger partial charge in [-0.2, -0.15) is 0 Å². The number of anilines is 1. The standard InChI is InChI=1S/C30H28N2O2/c1-4-21-9-11-22(12-10-21)29-19-28-26(18-23-7-5-6-8-27(23)31-28)30(17-20(2)33)32(29)24-13-15-25(34-3)16-14-24/h5-16,18-19,30H,4,17H2,1-3H3. The molecular weight excluding hydrogens is 420 g/mol. The highest BCUT2D eigenvalue weighted by Gasteiger charge is 2.32. The molecule has 170 valence electrons. The summed E-state index contributed by atoms with van der Waals surface area (Å²) in [4.78, 5) is 19.8. The first-order chi connectivity index (χ1) is 16.6. The van der Waals surface area contributed by atoms with Gasteiger partial charge in [0, 0.05) is 23.1 Å². The molecule has 3 aromatic carbocycles. The second-order valence-corrected chi connectivity index (χ2v) is 8.73. The van der Waals surface area contributed by atoms with E-state index in [4.69, 9.17) is 9.72 Å². The van der Waals surface area contributed by atoms with Crippen molar-refractivity contribution < 1.29 is 9.53 Å². The zero-order chi connectivity index (χ0) is 23.7. The number of para-hydroxylation sites is 1. The van der Waals surface area contributed by atoms with Crippen LogP contribution in [0.2, 0.25) is 0 Å². The molecule has 0 radical (unpaired) electrons. The number of aromatic nitrogens is 1. The van der Waals surface area contributed by atoms with Crippen molar-refractivity contribution in [3.05, 3.63) is 101 Å². The molecule has 1 unspecified atom stereocenters. The number of nitrogens with zero attached hydrogens (tertiary/aromatic N) is 2. The van der Waals surface area contributed by atoms with Gasteiger partial charge in [0.15, 0.2) is 0 Å². The second kappa shape index (κ2) is 9.14. The van der Waals surface area contributed by atoms with Gasteiger partial charge in [-0.15, -0.1) is 0 Å². The monoisotopic (exact) mass is 448 g/mol. The molecule has 4 heteroatoms. The van der Waals surface area contributed by atoms with Crippen LogP contribution < -0.4 is 9.64 Å². The molecule has 1 aliphatic rings. The Morgan fingerprint density at radius 1 is 1.00 bits per heavy atom. The third kappa shape index (κ3) is 4.08. The summed E-state index contributed by atoms with van der Waals surface area (Å²) in [6.07, 6.45) is 3.54. The number of ketones is 1. The Bertz CT molecular complexity index is 1370. The summed E-state index contributed by atoms with van der Waals surface area (Å²) in [6, 6.07) is 26.9. The molecule has 4 nitrogen and oxygen atoms in total. The van der Waals surface area contributed by atoms with E-state index in [-0.39, 0.29) is 11.8 Å². The zero-order valence-corrected chi connectivity index (χ0v) is 19.8. The number of hydrogen-bond acceptors (Lipinski definition) is 4. The quantitative estimate of drug-likeness (QED) is 0.324. The van der Waals surface area contributed by atoms with Crippen molar-refractivity contribution in [2.75, 3.05) is 12.0 Å². The van der Waals surface area contributed by atoms with Crippen LogP contribution in [-0.2, 0) is 11.2 Å². The smallest absolute Gasteiger partial charge is 0.132 e. The van der Waals surface area contributed by atoms with Crippen LogP contribution in [0.3, 0.4) is 0 Å². The van der Waals surface area contributed by atoms with Crippen molar-refractivity contribution >= 4 is 34.1 Å². The molecule has 1 aromatic heterocycles. The number of aryl methyl sites for hydroxylation is 1. The van der Waals surface area contributed by atoms with E-state index in [0.717, 1.165) is 51.3 Å². The predicted octanol–water partition coefficient (Wildman–Crippen LogP) is 6.84. The molecule has 0 amide bonds. The van der Waals surface area contributed by atoms with Gasteiger partial charge in [0.05, 0.1) is 30.1 Å². The summed E-state index contributed by atoms with van der Waals surface area (Å²) in [5.74, 6) is 0.944. The average molecular weight is 449 g/mol. The van der Waals surface area contributed by atoms with Gasteiger partial charge < -0.3 is 9.64 Å². The first-order valence-electron chi connectivity index (χ1n) is 11.7. The van der Waals surface area contributed by atoms with Crippen LogP contribution in [0, 0.1) is 0 Å². The van der Waals surface area contributed by atoms with Gasteiger partial charge in [-0.25, -0.2) is 4.98 Å². The lowest BCUT2D eigenvalue weighted by molar-refractivity contribution is -0.117. The maximum Gasteiger partial charge on any atom is 0.132 e. The van der Waals surface area contributed by atoms with Crippen molar-refractivity contribution in [1.82, 2.24) is 4.98 Å². The number of rotatable bonds is 6. The van der Waals surface area contributed by atoms with Crippen molar-refractivity contribution in [1.29, 1.82) is 0 Å². The summed E-state index contributed by atoms with van der Waals surface area (Å²) in [5, 5.41) is 1.08. The summed E-state index contributed by atoms with van der Waals surface area (Å²) in [7, 11) is 1.67. The maximum atomic E-state index is 12.5. The van der Waals surface area contributed by atoms with E-state index in [1.54, 1.807) is 14.0 Å². The zero-order valence-electron chi connectivity index (χ0n) is 19.8. The number of carbonyl (C=O) groups is 1. The minimum Gasteiger partial charge on any atom is -0.497 e. The van der Waals surface area contributed by atoms with Crippen LogP contribution in [0.4, 0.5) is 5.69 Å². The van der Waals surface area contributed by atoms with Crippen molar-refractivity contribution in [3.63, 3.8) is 0 Å². The Kier molecular flexibility index (Phi) is 5.89. The fourth-order valence-electron chi connectivity index (χ4n) is 4.70. The number of pyridine rings is 1. The molecule has 4 aromatic rings. The Labute approximate surface area is 200 Å². The lowest BCUT2D eigenvalue weighted by Crippen LogP contribution is -2.32. The summed E-state index contributed by atoms with van der Waals surface area (Å²) >= 11 is 0. The maximum absolute atomic E-state index is 12.5. The van der Waals surface area contributed by atoms with Crippen LogP contribution in [0.25, 0.3) is 22.7 Å². The summed E-state index contributed by atoms with van der Waals surface area (Å²) in [5.41, 5.74) is 7.38. The normalized spacial score (nSPS) is 15.1. The third-order valence-corrected chi connectivity index (χ3v) is 6.48. The van der Waals surface area contributed by atoms with Crippen LogP contribution in [0.15, 0.2) is 78.9 Å². The fraction of sp³-hybridized carbons (Fsp3) is 0.200. The first-order valence-corrected chi connectivity index (χ1v) is 11.7. The molecule has 0 fully saturated rings. The van der Waals surface area contributed by atoms with E-state index >= 15 is 0 Å².